The van der Waals surface area contributed by atoms with Gasteiger partial charge in [0.25, 0.3) is 0 Å². The van der Waals surface area contributed by atoms with Crippen LogP contribution in [0.15, 0.2) is 29.4 Å². The number of aliphatic carboxylic acids is 1. The smallest absolute Gasteiger partial charge is 0.309 e. The molecule has 0 saturated heterocycles. The molecule has 2 aromatic rings. The molecule has 2 aromatic heterocycles. The van der Waals surface area contributed by atoms with E-state index in [0.717, 1.165) is 0 Å². The predicted octanol–water partition coefficient (Wildman–Crippen LogP) is 0.487. The highest BCUT2D eigenvalue weighted by Crippen LogP contribution is 2.08. The van der Waals surface area contributed by atoms with Crippen LogP contribution in [0.5, 0.6) is 0 Å². The lowest BCUT2D eigenvalue weighted by Crippen LogP contribution is -2.06. The van der Waals surface area contributed by atoms with E-state index in [9.17, 15) is 4.79 Å². The van der Waals surface area contributed by atoms with E-state index in [1.807, 2.05) is 0 Å². The van der Waals surface area contributed by atoms with Crippen LogP contribution in [0.2, 0.25) is 0 Å². The molecule has 0 spiro atoms. The first kappa shape index (κ1) is 8.49. The van der Waals surface area contributed by atoms with E-state index in [-0.39, 0.29) is 6.42 Å². The minimum absolute atomic E-state index is 0.109. The summed E-state index contributed by atoms with van der Waals surface area (Å²) in [6.45, 7) is 0. The summed E-state index contributed by atoms with van der Waals surface area (Å²) in [5, 5.41) is 8.62. The third kappa shape index (κ3) is 1.49. The van der Waals surface area contributed by atoms with Crippen molar-refractivity contribution >= 4 is 5.97 Å². The van der Waals surface area contributed by atoms with Crippen LogP contribution in [-0.4, -0.2) is 25.6 Å². The van der Waals surface area contributed by atoms with Crippen molar-refractivity contribution in [2.24, 2.45) is 0 Å². The average Bonchev–Trinajstić information content (AvgIpc) is 2.70. The van der Waals surface area contributed by atoms with Gasteiger partial charge in [0.15, 0.2) is 0 Å². The van der Waals surface area contributed by atoms with Gasteiger partial charge in [-0.1, -0.05) is 0 Å². The Morgan fingerprint density at radius 2 is 2.50 bits per heavy atom. The highest BCUT2D eigenvalue weighted by Gasteiger charge is 2.10. The fraction of sp³-hybridized carbons (Fsp3) is 0.125. The summed E-state index contributed by atoms with van der Waals surface area (Å²) >= 11 is 0. The monoisotopic (exact) mass is 193 g/mol. The van der Waals surface area contributed by atoms with E-state index in [2.05, 4.69) is 9.97 Å². The van der Waals surface area contributed by atoms with Gasteiger partial charge in [0.2, 0.25) is 0 Å². The first-order valence-corrected chi connectivity index (χ1v) is 3.90. The van der Waals surface area contributed by atoms with Crippen molar-refractivity contribution < 1.29 is 14.3 Å². The lowest BCUT2D eigenvalue weighted by Gasteiger charge is -1.99. The van der Waals surface area contributed by atoms with Crippen LogP contribution in [0.1, 0.15) is 5.69 Å². The molecule has 14 heavy (non-hydrogen) atoms. The molecule has 6 heteroatoms. The second-order valence-electron chi connectivity index (χ2n) is 2.64. The van der Waals surface area contributed by atoms with Crippen LogP contribution in [0.25, 0.3) is 6.01 Å². The van der Waals surface area contributed by atoms with Crippen molar-refractivity contribution in [2.75, 3.05) is 0 Å². The molecule has 2 rings (SSSR count). The number of hydrogen-bond donors (Lipinski definition) is 1. The van der Waals surface area contributed by atoms with E-state index in [4.69, 9.17) is 9.52 Å². The van der Waals surface area contributed by atoms with E-state index >= 15 is 0 Å². The van der Waals surface area contributed by atoms with Crippen LogP contribution in [0.3, 0.4) is 0 Å². The Bertz CT molecular complexity index is 432. The van der Waals surface area contributed by atoms with Crippen molar-refractivity contribution in [3.8, 4) is 6.01 Å². The summed E-state index contributed by atoms with van der Waals surface area (Å²) in [5.74, 6) is -0.918. The van der Waals surface area contributed by atoms with Gasteiger partial charge in [-0.3, -0.25) is 9.36 Å². The van der Waals surface area contributed by atoms with Gasteiger partial charge in [-0.15, -0.1) is 0 Å². The number of rotatable bonds is 3. The number of carboxylic acid groups (broad SMARTS) is 1. The summed E-state index contributed by atoms with van der Waals surface area (Å²) in [4.78, 5) is 18.2. The summed E-state index contributed by atoms with van der Waals surface area (Å²) in [7, 11) is 0. The molecule has 0 bridgehead atoms. The number of imidazole rings is 1. The molecule has 0 atom stereocenters. The minimum Gasteiger partial charge on any atom is -0.481 e. The molecular formula is C8H7N3O3. The largest absolute Gasteiger partial charge is 0.481 e. The molecule has 1 N–H and O–H groups in total. The molecule has 0 aliphatic heterocycles. The van der Waals surface area contributed by atoms with Gasteiger partial charge < -0.3 is 9.52 Å². The van der Waals surface area contributed by atoms with E-state index in [0.29, 0.717) is 11.7 Å². The van der Waals surface area contributed by atoms with Crippen LogP contribution in [-0.2, 0) is 11.2 Å². The number of carbonyl (C=O) groups is 1. The lowest BCUT2D eigenvalue weighted by atomic mass is 10.3. The standard InChI is InChI=1S/C8H7N3O3/c12-7(13)3-6-4-9-5-11(6)8-10-1-2-14-8/h1-2,4-5H,3H2,(H,12,13). The molecule has 2 heterocycles. The highest BCUT2D eigenvalue weighted by atomic mass is 16.4. The summed E-state index contributed by atoms with van der Waals surface area (Å²) in [5.41, 5.74) is 0.528. The minimum atomic E-state index is -0.918. The molecule has 0 saturated carbocycles. The normalized spacial score (nSPS) is 10.3. The topological polar surface area (TPSA) is 81.1 Å². The molecular weight excluding hydrogens is 186 g/mol. The third-order valence-electron chi connectivity index (χ3n) is 1.67. The second kappa shape index (κ2) is 3.33. The first-order chi connectivity index (χ1) is 6.77. The average molecular weight is 193 g/mol. The lowest BCUT2D eigenvalue weighted by molar-refractivity contribution is -0.136. The first-order valence-electron chi connectivity index (χ1n) is 3.90. The Balaban J connectivity index is 2.35. The highest BCUT2D eigenvalue weighted by molar-refractivity contribution is 5.69. The Hall–Kier alpha value is -2.11. The van der Waals surface area contributed by atoms with Crippen molar-refractivity contribution in [3.05, 3.63) is 30.7 Å². The van der Waals surface area contributed by atoms with Gasteiger partial charge in [0.05, 0.1) is 18.3 Å². The fourth-order valence-electron chi connectivity index (χ4n) is 1.12. The molecule has 6 nitrogen and oxygen atoms in total. The van der Waals surface area contributed by atoms with Crippen LogP contribution < -0.4 is 0 Å². The zero-order valence-corrected chi connectivity index (χ0v) is 7.12. The summed E-state index contributed by atoms with van der Waals surface area (Å²) < 4.78 is 6.51. The third-order valence-corrected chi connectivity index (χ3v) is 1.67. The fourth-order valence-corrected chi connectivity index (χ4v) is 1.12. The van der Waals surface area contributed by atoms with Gasteiger partial charge >= 0.3 is 12.0 Å². The van der Waals surface area contributed by atoms with Gasteiger partial charge in [-0.25, -0.2) is 9.97 Å². The molecule has 0 aromatic carbocycles. The van der Waals surface area contributed by atoms with E-state index in [1.165, 1.54) is 29.6 Å². The van der Waals surface area contributed by atoms with Gasteiger partial charge in [-0.2, -0.15) is 0 Å². The summed E-state index contributed by atoms with van der Waals surface area (Å²) in [6, 6.07) is 0.318. The maximum atomic E-state index is 10.5. The number of oxazole rings is 1. The zero-order chi connectivity index (χ0) is 9.97. The maximum absolute atomic E-state index is 10.5. The van der Waals surface area contributed by atoms with Crippen LogP contribution in [0.4, 0.5) is 0 Å². The number of hydrogen-bond acceptors (Lipinski definition) is 4. The molecule has 0 aliphatic rings. The van der Waals surface area contributed by atoms with Crippen molar-refractivity contribution in [3.63, 3.8) is 0 Å². The van der Waals surface area contributed by atoms with E-state index < -0.39 is 5.97 Å². The molecule has 0 unspecified atom stereocenters. The Morgan fingerprint density at radius 1 is 1.64 bits per heavy atom. The van der Waals surface area contributed by atoms with Crippen LogP contribution in [0, 0.1) is 0 Å². The SMILES string of the molecule is O=C(O)Cc1cncn1-c1ncco1. The molecule has 0 radical (unpaired) electrons. The van der Waals surface area contributed by atoms with Crippen molar-refractivity contribution in [1.29, 1.82) is 0 Å². The number of nitrogens with zero attached hydrogens (tertiary/aromatic N) is 3. The number of carboxylic acids is 1. The van der Waals surface area contributed by atoms with E-state index in [1.54, 1.807) is 0 Å². The number of aromatic nitrogens is 3. The summed E-state index contributed by atoms with van der Waals surface area (Å²) in [6.07, 6.45) is 5.73. The van der Waals surface area contributed by atoms with Crippen molar-refractivity contribution in [1.82, 2.24) is 14.5 Å². The van der Waals surface area contributed by atoms with Gasteiger partial charge in [0, 0.05) is 6.20 Å². The Morgan fingerprint density at radius 3 is 3.14 bits per heavy atom. The Labute approximate surface area is 78.8 Å². The van der Waals surface area contributed by atoms with Crippen LogP contribution >= 0.6 is 0 Å². The molecule has 72 valence electrons. The quantitative estimate of drug-likeness (QED) is 0.767. The maximum Gasteiger partial charge on any atom is 0.309 e. The van der Waals surface area contributed by atoms with Gasteiger partial charge in [-0.05, 0) is 0 Å². The van der Waals surface area contributed by atoms with Crippen molar-refractivity contribution in [2.45, 2.75) is 6.42 Å². The predicted molar refractivity (Wildman–Crippen MR) is 45.0 cm³/mol. The molecule has 0 fully saturated rings. The second-order valence-corrected chi connectivity index (χ2v) is 2.64. The molecule has 0 aliphatic carbocycles. The molecule has 0 amide bonds. The zero-order valence-electron chi connectivity index (χ0n) is 7.12. The Kier molecular flexibility index (Phi) is 2.02. The van der Waals surface area contributed by atoms with Gasteiger partial charge in [0.1, 0.15) is 12.6 Å².